The second-order valence-corrected chi connectivity index (χ2v) is 5.85. The van der Waals surface area contributed by atoms with Gasteiger partial charge in [-0.15, -0.1) is 11.3 Å². The fraction of sp³-hybridized carbons (Fsp3) is 0.267. The molecular formula is C15H16N2OS. The van der Waals surface area contributed by atoms with Crippen LogP contribution in [0.15, 0.2) is 36.7 Å². The van der Waals surface area contributed by atoms with Crippen molar-refractivity contribution in [1.29, 1.82) is 0 Å². The van der Waals surface area contributed by atoms with Crippen molar-refractivity contribution < 1.29 is 4.74 Å². The number of fused-ring (bicyclic) bond motifs is 1. The van der Waals surface area contributed by atoms with E-state index in [4.69, 9.17) is 4.74 Å². The van der Waals surface area contributed by atoms with E-state index in [1.165, 1.54) is 10.3 Å². The van der Waals surface area contributed by atoms with Crippen LogP contribution in [-0.4, -0.2) is 16.7 Å². The summed E-state index contributed by atoms with van der Waals surface area (Å²) < 4.78 is 7.38. The molecule has 0 N–H and O–H groups in total. The van der Waals surface area contributed by atoms with Gasteiger partial charge in [-0.1, -0.05) is 13.8 Å². The van der Waals surface area contributed by atoms with Crippen molar-refractivity contribution in [2.75, 3.05) is 7.11 Å². The maximum atomic E-state index is 5.25. The minimum atomic E-state index is 0.521. The SMILES string of the molecule is COc1ccc2c(ccn2-c2ncc(C(C)C)s2)c1. The highest BCUT2D eigenvalue weighted by molar-refractivity contribution is 7.14. The molecule has 0 atom stereocenters. The van der Waals surface area contributed by atoms with Crippen LogP contribution < -0.4 is 4.74 Å². The number of benzene rings is 1. The molecule has 0 unspecified atom stereocenters. The zero-order chi connectivity index (χ0) is 13.4. The highest BCUT2D eigenvalue weighted by atomic mass is 32.1. The largest absolute Gasteiger partial charge is 0.497 e. The summed E-state index contributed by atoms with van der Waals surface area (Å²) in [5.74, 6) is 1.40. The zero-order valence-electron chi connectivity index (χ0n) is 11.3. The molecule has 0 spiro atoms. The van der Waals surface area contributed by atoms with Crippen LogP contribution >= 0.6 is 11.3 Å². The quantitative estimate of drug-likeness (QED) is 0.714. The molecule has 1 aromatic carbocycles. The van der Waals surface area contributed by atoms with Gasteiger partial charge in [-0.2, -0.15) is 0 Å². The minimum Gasteiger partial charge on any atom is -0.497 e. The van der Waals surface area contributed by atoms with E-state index < -0.39 is 0 Å². The third-order valence-electron chi connectivity index (χ3n) is 3.18. The molecule has 0 aliphatic heterocycles. The van der Waals surface area contributed by atoms with Gasteiger partial charge in [-0.25, -0.2) is 4.98 Å². The lowest BCUT2D eigenvalue weighted by Crippen LogP contribution is -1.90. The van der Waals surface area contributed by atoms with Crippen molar-refractivity contribution in [3.05, 3.63) is 41.5 Å². The molecule has 0 saturated heterocycles. The maximum absolute atomic E-state index is 5.25. The van der Waals surface area contributed by atoms with Gasteiger partial charge in [0.2, 0.25) is 0 Å². The van der Waals surface area contributed by atoms with Gasteiger partial charge in [-0.3, -0.25) is 4.57 Å². The van der Waals surface area contributed by atoms with Crippen molar-refractivity contribution in [3.8, 4) is 10.9 Å². The van der Waals surface area contributed by atoms with Gasteiger partial charge in [0, 0.05) is 22.7 Å². The second kappa shape index (κ2) is 4.70. The minimum absolute atomic E-state index is 0.521. The van der Waals surface area contributed by atoms with Gasteiger partial charge in [0.05, 0.1) is 12.6 Å². The number of methoxy groups -OCH3 is 1. The Morgan fingerprint density at radius 2 is 2.11 bits per heavy atom. The summed E-state index contributed by atoms with van der Waals surface area (Å²) in [5.41, 5.74) is 1.16. The molecule has 0 bridgehead atoms. The van der Waals surface area contributed by atoms with Gasteiger partial charge < -0.3 is 4.74 Å². The smallest absolute Gasteiger partial charge is 0.194 e. The molecule has 0 saturated carbocycles. The van der Waals surface area contributed by atoms with Crippen molar-refractivity contribution >= 4 is 22.2 Å². The number of ether oxygens (including phenoxy) is 1. The lowest BCUT2D eigenvalue weighted by atomic mass is 10.2. The molecule has 0 fully saturated rings. The van der Waals surface area contributed by atoms with Crippen LogP contribution in [0.2, 0.25) is 0 Å². The van der Waals surface area contributed by atoms with Gasteiger partial charge in [-0.05, 0) is 30.2 Å². The summed E-state index contributed by atoms with van der Waals surface area (Å²) in [6.07, 6.45) is 4.03. The van der Waals surface area contributed by atoms with Crippen LogP contribution in [0.3, 0.4) is 0 Å². The molecule has 3 rings (SSSR count). The monoisotopic (exact) mass is 272 g/mol. The molecule has 2 heterocycles. The molecule has 3 nitrogen and oxygen atoms in total. The lowest BCUT2D eigenvalue weighted by Gasteiger charge is -2.02. The van der Waals surface area contributed by atoms with Crippen LogP contribution in [0.25, 0.3) is 16.0 Å². The molecule has 3 aromatic rings. The first-order chi connectivity index (χ1) is 9.19. The van der Waals surface area contributed by atoms with Crippen molar-refractivity contribution in [1.82, 2.24) is 9.55 Å². The van der Waals surface area contributed by atoms with E-state index in [1.807, 2.05) is 18.3 Å². The highest BCUT2D eigenvalue weighted by Crippen LogP contribution is 2.29. The second-order valence-electron chi connectivity index (χ2n) is 4.81. The summed E-state index contributed by atoms with van der Waals surface area (Å²) in [4.78, 5) is 5.83. The van der Waals surface area contributed by atoms with Crippen molar-refractivity contribution in [2.45, 2.75) is 19.8 Å². The Morgan fingerprint density at radius 3 is 2.79 bits per heavy atom. The van der Waals surface area contributed by atoms with E-state index in [2.05, 4.69) is 41.7 Å². The third kappa shape index (κ3) is 2.12. The summed E-state index contributed by atoms with van der Waals surface area (Å²) in [5, 5.41) is 2.18. The standard InChI is InChI=1S/C15H16N2OS/c1-10(2)14-9-16-15(19-14)17-7-6-11-8-12(18-3)4-5-13(11)17/h4-10H,1-3H3. The first-order valence-electron chi connectivity index (χ1n) is 6.30. The first kappa shape index (κ1) is 12.2. The third-order valence-corrected chi connectivity index (χ3v) is 4.48. The first-order valence-corrected chi connectivity index (χ1v) is 7.12. The van der Waals surface area contributed by atoms with E-state index in [0.717, 1.165) is 16.4 Å². The van der Waals surface area contributed by atoms with Gasteiger partial charge >= 0.3 is 0 Å². The Hall–Kier alpha value is -1.81. The van der Waals surface area contributed by atoms with Crippen LogP contribution in [0, 0.1) is 0 Å². The molecule has 0 radical (unpaired) electrons. The Bertz CT molecular complexity index is 712. The topological polar surface area (TPSA) is 27.1 Å². The molecule has 4 heteroatoms. The zero-order valence-corrected chi connectivity index (χ0v) is 12.1. The number of nitrogens with zero attached hydrogens (tertiary/aromatic N) is 2. The Kier molecular flexibility index (Phi) is 3.03. The molecule has 0 aliphatic carbocycles. The Morgan fingerprint density at radius 1 is 1.26 bits per heavy atom. The average molecular weight is 272 g/mol. The summed E-state index contributed by atoms with van der Waals surface area (Å²) in [6.45, 7) is 4.38. The van der Waals surface area contributed by atoms with Gasteiger partial charge in [0.25, 0.3) is 0 Å². The van der Waals surface area contributed by atoms with E-state index >= 15 is 0 Å². The Labute approximate surface area is 116 Å². The predicted octanol–water partition coefficient (Wildman–Crippen LogP) is 4.22. The summed E-state index contributed by atoms with van der Waals surface area (Å²) >= 11 is 1.74. The lowest BCUT2D eigenvalue weighted by molar-refractivity contribution is 0.415. The normalized spacial score (nSPS) is 11.4. The van der Waals surface area contributed by atoms with E-state index in [1.54, 1.807) is 18.4 Å². The number of hydrogen-bond donors (Lipinski definition) is 0. The number of aromatic nitrogens is 2. The molecule has 0 aliphatic rings. The fourth-order valence-corrected chi connectivity index (χ4v) is 2.98. The molecule has 19 heavy (non-hydrogen) atoms. The maximum Gasteiger partial charge on any atom is 0.194 e. The van der Waals surface area contributed by atoms with Crippen molar-refractivity contribution in [2.24, 2.45) is 0 Å². The predicted molar refractivity (Wildman–Crippen MR) is 79.6 cm³/mol. The molecule has 0 amide bonds. The summed E-state index contributed by atoms with van der Waals surface area (Å²) in [7, 11) is 1.69. The van der Waals surface area contributed by atoms with Gasteiger partial charge in [0.1, 0.15) is 5.75 Å². The number of hydrogen-bond acceptors (Lipinski definition) is 3. The average Bonchev–Trinajstić information content (AvgIpc) is 3.03. The van der Waals surface area contributed by atoms with Crippen LogP contribution in [0.1, 0.15) is 24.6 Å². The molecule has 2 aromatic heterocycles. The number of thiazole rings is 1. The van der Waals surface area contributed by atoms with E-state index in [9.17, 15) is 0 Å². The van der Waals surface area contributed by atoms with E-state index in [0.29, 0.717) is 5.92 Å². The number of rotatable bonds is 3. The van der Waals surface area contributed by atoms with Crippen LogP contribution in [0.5, 0.6) is 5.75 Å². The highest BCUT2D eigenvalue weighted by Gasteiger charge is 2.10. The summed E-state index contributed by atoms with van der Waals surface area (Å²) in [6, 6.07) is 8.19. The fourth-order valence-electron chi connectivity index (χ4n) is 2.07. The molecule has 98 valence electrons. The van der Waals surface area contributed by atoms with Crippen LogP contribution in [0.4, 0.5) is 0 Å². The van der Waals surface area contributed by atoms with Crippen LogP contribution in [-0.2, 0) is 0 Å². The van der Waals surface area contributed by atoms with E-state index in [-0.39, 0.29) is 0 Å². The van der Waals surface area contributed by atoms with Crippen molar-refractivity contribution in [3.63, 3.8) is 0 Å². The Balaban J connectivity index is 2.09. The van der Waals surface area contributed by atoms with Gasteiger partial charge in [0.15, 0.2) is 5.13 Å². The molecular weight excluding hydrogens is 256 g/mol.